The highest BCUT2D eigenvalue weighted by atomic mass is 16.3. The Labute approximate surface area is 204 Å². The number of aliphatic hydroxyl groups excluding tert-OH is 1. The van der Waals surface area contributed by atoms with E-state index in [-0.39, 0.29) is 25.4 Å². The summed E-state index contributed by atoms with van der Waals surface area (Å²) in [5.41, 5.74) is 13.6. The molecule has 3 aromatic rings. The Kier molecular flexibility index (Phi) is 8.43. The standard InChI is InChI=1S/C27H32N4O4/c1-17(2)15-31(16-24(32)26(29)34)27(35)30-23(25(28)33)13-18-7-9-20(10-8-18)22-12-11-19-5-3-4-6-21(19)14-22/h3-12,14,17,23-24,32H,13,15-16H2,1-2H3,(H2,28,33)(H2,29,34)(H,30,35)/t23-,24?/m0/s1. The molecule has 8 heteroatoms. The van der Waals surface area contributed by atoms with Crippen LogP contribution >= 0.6 is 0 Å². The van der Waals surface area contributed by atoms with E-state index in [4.69, 9.17) is 11.5 Å². The first kappa shape index (κ1) is 25.7. The minimum Gasteiger partial charge on any atom is -0.381 e. The summed E-state index contributed by atoms with van der Waals surface area (Å²) in [5.74, 6) is -1.54. The number of benzene rings is 3. The summed E-state index contributed by atoms with van der Waals surface area (Å²) < 4.78 is 0. The van der Waals surface area contributed by atoms with E-state index in [2.05, 4.69) is 35.6 Å². The fourth-order valence-corrected chi connectivity index (χ4v) is 3.88. The van der Waals surface area contributed by atoms with E-state index in [1.54, 1.807) is 0 Å². The van der Waals surface area contributed by atoms with Crippen molar-refractivity contribution >= 4 is 28.6 Å². The highest BCUT2D eigenvalue weighted by Gasteiger charge is 2.25. The molecule has 4 amide bonds. The number of amides is 4. The molecule has 6 N–H and O–H groups in total. The lowest BCUT2D eigenvalue weighted by molar-refractivity contribution is -0.126. The molecule has 0 saturated carbocycles. The Balaban J connectivity index is 1.71. The minimum atomic E-state index is -1.51. The number of rotatable bonds is 10. The molecule has 35 heavy (non-hydrogen) atoms. The largest absolute Gasteiger partial charge is 0.381 e. The fourth-order valence-electron chi connectivity index (χ4n) is 3.88. The third kappa shape index (κ3) is 7.04. The number of nitrogens with two attached hydrogens (primary N) is 2. The van der Waals surface area contributed by atoms with Crippen molar-refractivity contribution in [1.82, 2.24) is 10.2 Å². The zero-order valence-corrected chi connectivity index (χ0v) is 20.0. The van der Waals surface area contributed by atoms with E-state index in [1.165, 1.54) is 10.3 Å². The van der Waals surface area contributed by atoms with Gasteiger partial charge in [0.25, 0.3) is 0 Å². The van der Waals surface area contributed by atoms with Crippen LogP contribution < -0.4 is 16.8 Å². The Morgan fingerprint density at radius 3 is 2.09 bits per heavy atom. The second-order valence-corrected chi connectivity index (χ2v) is 9.08. The highest BCUT2D eigenvalue weighted by molar-refractivity contribution is 5.88. The molecule has 0 aromatic heterocycles. The van der Waals surface area contributed by atoms with E-state index in [0.717, 1.165) is 22.1 Å². The van der Waals surface area contributed by atoms with Gasteiger partial charge in [-0.05, 0) is 39.4 Å². The number of carbonyl (C=O) groups is 3. The number of carbonyl (C=O) groups excluding carboxylic acids is 3. The van der Waals surface area contributed by atoms with E-state index in [9.17, 15) is 19.5 Å². The first-order valence-corrected chi connectivity index (χ1v) is 11.5. The van der Waals surface area contributed by atoms with Gasteiger partial charge in [-0.1, -0.05) is 74.5 Å². The number of aliphatic hydroxyl groups is 1. The molecule has 0 saturated heterocycles. The van der Waals surface area contributed by atoms with E-state index >= 15 is 0 Å². The number of hydrogen-bond acceptors (Lipinski definition) is 4. The predicted molar refractivity (Wildman–Crippen MR) is 136 cm³/mol. The molecular weight excluding hydrogens is 444 g/mol. The van der Waals surface area contributed by atoms with Gasteiger partial charge in [0.05, 0.1) is 6.54 Å². The number of nitrogens with one attached hydrogen (secondary N) is 1. The zero-order chi connectivity index (χ0) is 25.5. The van der Waals surface area contributed by atoms with Gasteiger partial charge in [-0.25, -0.2) is 4.79 Å². The molecule has 3 rings (SSSR count). The van der Waals surface area contributed by atoms with Crippen molar-refractivity contribution < 1.29 is 19.5 Å². The first-order chi connectivity index (χ1) is 16.6. The average molecular weight is 477 g/mol. The summed E-state index contributed by atoms with van der Waals surface area (Å²) >= 11 is 0. The average Bonchev–Trinajstić information content (AvgIpc) is 2.82. The van der Waals surface area contributed by atoms with Crippen molar-refractivity contribution in [2.75, 3.05) is 13.1 Å². The molecule has 184 valence electrons. The molecule has 8 nitrogen and oxygen atoms in total. The molecule has 0 aliphatic carbocycles. The maximum absolute atomic E-state index is 12.8. The Morgan fingerprint density at radius 1 is 0.857 bits per heavy atom. The van der Waals surface area contributed by atoms with Crippen LogP contribution in [0.15, 0.2) is 66.7 Å². The lowest BCUT2D eigenvalue weighted by Gasteiger charge is -2.28. The predicted octanol–water partition coefficient (Wildman–Crippen LogP) is 2.42. The van der Waals surface area contributed by atoms with Gasteiger partial charge in [0.2, 0.25) is 11.8 Å². The molecule has 0 bridgehead atoms. The van der Waals surface area contributed by atoms with Crippen LogP contribution in [0.25, 0.3) is 21.9 Å². The van der Waals surface area contributed by atoms with Crippen LogP contribution in [0, 0.1) is 5.92 Å². The van der Waals surface area contributed by atoms with Crippen molar-refractivity contribution in [3.05, 3.63) is 72.3 Å². The van der Waals surface area contributed by atoms with E-state index in [1.807, 2.05) is 50.2 Å². The Morgan fingerprint density at radius 2 is 1.49 bits per heavy atom. The number of urea groups is 1. The lowest BCUT2D eigenvalue weighted by atomic mass is 9.98. The van der Waals surface area contributed by atoms with Crippen LogP contribution in [0.5, 0.6) is 0 Å². The molecule has 0 radical (unpaired) electrons. The van der Waals surface area contributed by atoms with Gasteiger partial charge in [-0.3, -0.25) is 9.59 Å². The normalized spacial score (nSPS) is 12.8. The summed E-state index contributed by atoms with van der Waals surface area (Å²) in [6, 6.07) is 20.6. The fraction of sp³-hybridized carbons (Fsp3) is 0.296. The second kappa shape index (κ2) is 11.5. The SMILES string of the molecule is CC(C)CN(CC(O)C(N)=O)C(=O)N[C@@H](Cc1ccc(-c2ccc3ccccc3c2)cc1)C(N)=O. The quantitative estimate of drug-likeness (QED) is 0.357. The highest BCUT2D eigenvalue weighted by Crippen LogP contribution is 2.25. The molecule has 0 spiro atoms. The topological polar surface area (TPSA) is 139 Å². The zero-order valence-electron chi connectivity index (χ0n) is 20.0. The van der Waals surface area contributed by atoms with Crippen LogP contribution in [-0.4, -0.2) is 53.1 Å². The van der Waals surface area contributed by atoms with Crippen LogP contribution in [0.2, 0.25) is 0 Å². The second-order valence-electron chi connectivity index (χ2n) is 9.08. The van der Waals surface area contributed by atoms with Gasteiger partial charge in [-0.15, -0.1) is 0 Å². The van der Waals surface area contributed by atoms with Crippen molar-refractivity contribution in [1.29, 1.82) is 0 Å². The molecule has 3 aromatic carbocycles. The van der Waals surface area contributed by atoms with Crippen LogP contribution in [0.3, 0.4) is 0 Å². The van der Waals surface area contributed by atoms with E-state index < -0.39 is 30.0 Å². The van der Waals surface area contributed by atoms with Crippen LogP contribution in [0.4, 0.5) is 4.79 Å². The third-order valence-corrected chi connectivity index (χ3v) is 5.71. The smallest absolute Gasteiger partial charge is 0.318 e. The molecule has 0 aliphatic heterocycles. The molecule has 0 aliphatic rings. The third-order valence-electron chi connectivity index (χ3n) is 5.71. The number of fused-ring (bicyclic) bond motifs is 1. The van der Waals surface area contributed by atoms with E-state index in [0.29, 0.717) is 0 Å². The number of nitrogens with zero attached hydrogens (tertiary/aromatic N) is 1. The molecular formula is C27H32N4O4. The first-order valence-electron chi connectivity index (χ1n) is 11.5. The van der Waals surface area contributed by atoms with Gasteiger partial charge in [0.15, 0.2) is 0 Å². The molecule has 1 unspecified atom stereocenters. The molecule has 0 fully saturated rings. The van der Waals surface area contributed by atoms with Gasteiger partial charge >= 0.3 is 6.03 Å². The summed E-state index contributed by atoms with van der Waals surface area (Å²) in [4.78, 5) is 37.4. The maximum atomic E-state index is 12.8. The van der Waals surface area contributed by atoms with Gasteiger partial charge in [0.1, 0.15) is 12.1 Å². The van der Waals surface area contributed by atoms with Gasteiger partial charge in [-0.2, -0.15) is 0 Å². The summed E-state index contributed by atoms with van der Waals surface area (Å²) in [6.45, 7) is 3.77. The Hall–Kier alpha value is -3.91. The maximum Gasteiger partial charge on any atom is 0.318 e. The van der Waals surface area contributed by atoms with Crippen molar-refractivity contribution in [2.24, 2.45) is 17.4 Å². The lowest BCUT2D eigenvalue weighted by Crippen LogP contribution is -2.54. The number of hydrogen-bond donors (Lipinski definition) is 4. The van der Waals surface area contributed by atoms with Crippen LogP contribution in [0.1, 0.15) is 19.4 Å². The summed E-state index contributed by atoms with van der Waals surface area (Å²) in [7, 11) is 0. The molecule has 0 heterocycles. The minimum absolute atomic E-state index is 0.0653. The van der Waals surface area contributed by atoms with Gasteiger partial charge < -0.3 is 26.8 Å². The van der Waals surface area contributed by atoms with Gasteiger partial charge in [0, 0.05) is 13.0 Å². The summed E-state index contributed by atoms with van der Waals surface area (Å²) in [6.07, 6.45) is -1.30. The Bertz CT molecular complexity index is 1190. The monoisotopic (exact) mass is 476 g/mol. The van der Waals surface area contributed by atoms with Crippen LogP contribution in [-0.2, 0) is 16.0 Å². The number of primary amides is 2. The van der Waals surface area contributed by atoms with Crippen molar-refractivity contribution in [2.45, 2.75) is 32.4 Å². The van der Waals surface area contributed by atoms with Crippen molar-refractivity contribution in [3.63, 3.8) is 0 Å². The molecule has 2 atom stereocenters. The van der Waals surface area contributed by atoms with Crippen molar-refractivity contribution in [3.8, 4) is 11.1 Å². The summed E-state index contributed by atoms with van der Waals surface area (Å²) in [5, 5.41) is 14.8.